The molecule has 2 aliphatic heterocycles. The molecule has 2 aliphatic rings. The zero-order valence-electron chi connectivity index (χ0n) is 20.2. The molecule has 2 aromatic rings. The third kappa shape index (κ3) is 7.59. The van der Waals surface area contributed by atoms with Crippen LogP contribution in [0.5, 0.6) is 0 Å². The van der Waals surface area contributed by atoms with Crippen molar-refractivity contribution in [1.82, 2.24) is 15.2 Å². The van der Waals surface area contributed by atoms with Crippen molar-refractivity contribution in [1.29, 1.82) is 0 Å². The number of hydrogen-bond donors (Lipinski definition) is 1. The van der Waals surface area contributed by atoms with E-state index in [-0.39, 0.29) is 19.4 Å². The molecule has 1 aromatic heterocycles. The number of rotatable bonds is 7. The van der Waals surface area contributed by atoms with Gasteiger partial charge in [-0.2, -0.15) is 13.2 Å². The van der Waals surface area contributed by atoms with Gasteiger partial charge >= 0.3 is 6.18 Å². The second-order valence-corrected chi connectivity index (χ2v) is 9.50. The molecule has 2 fully saturated rings. The van der Waals surface area contributed by atoms with Crippen LogP contribution in [0.25, 0.3) is 0 Å². The normalized spacial score (nSPS) is 17.6. The number of carbonyl (C=O) groups excluding carboxylic acids is 1. The Hall–Kier alpha value is -2.81. The van der Waals surface area contributed by atoms with Gasteiger partial charge in [-0.05, 0) is 57.0 Å². The van der Waals surface area contributed by atoms with Gasteiger partial charge in [0, 0.05) is 63.6 Å². The Bertz CT molecular complexity index is 949. The minimum atomic E-state index is -4.38. The Morgan fingerprint density at radius 2 is 1.64 bits per heavy atom. The summed E-state index contributed by atoms with van der Waals surface area (Å²) < 4.78 is 38.2. The van der Waals surface area contributed by atoms with E-state index in [0.717, 1.165) is 64.2 Å². The quantitative estimate of drug-likeness (QED) is 0.590. The van der Waals surface area contributed by atoms with Gasteiger partial charge in [-0.3, -0.25) is 9.69 Å². The summed E-state index contributed by atoms with van der Waals surface area (Å²) >= 11 is 0. The average Bonchev–Trinajstić information content (AvgIpc) is 2.85. The molecule has 0 aliphatic carbocycles. The number of carbonyl (C=O) groups is 1. The minimum Gasteiger partial charge on any atom is -0.369 e. The van der Waals surface area contributed by atoms with Crippen molar-refractivity contribution >= 4 is 17.4 Å². The van der Waals surface area contributed by atoms with Crippen LogP contribution in [0.2, 0.25) is 0 Å². The Kier molecular flexibility index (Phi) is 9.59. The van der Waals surface area contributed by atoms with Gasteiger partial charge in [-0.15, -0.1) is 0 Å². The number of aryl methyl sites for hydroxylation is 1. The first-order valence-corrected chi connectivity index (χ1v) is 12.4. The standard InChI is InChI=1S/C26H34F3N5O.CH4/c1-20-4-7-23(8-5-20)33-17-15-32(16-18-33)12-2-3-25(35)31-22-10-13-34(14-11-22)24-9-6-21(19-30-24)26(27,28)29;/h4-9,19,22H,2-3,10-18H2,1H3,(H,31,35);1H4. The summed E-state index contributed by atoms with van der Waals surface area (Å²) in [4.78, 5) is 23.2. The maximum Gasteiger partial charge on any atom is 0.417 e. The Morgan fingerprint density at radius 3 is 2.22 bits per heavy atom. The fourth-order valence-electron chi connectivity index (χ4n) is 4.74. The molecule has 36 heavy (non-hydrogen) atoms. The summed E-state index contributed by atoms with van der Waals surface area (Å²) in [5.74, 6) is 0.625. The summed E-state index contributed by atoms with van der Waals surface area (Å²) in [5.41, 5.74) is 1.80. The molecule has 0 spiro atoms. The molecule has 0 radical (unpaired) electrons. The summed E-state index contributed by atoms with van der Waals surface area (Å²) in [5, 5.41) is 3.13. The van der Waals surface area contributed by atoms with Crippen LogP contribution in [0.15, 0.2) is 42.6 Å². The minimum absolute atomic E-state index is 0. The van der Waals surface area contributed by atoms with Gasteiger partial charge in [0.25, 0.3) is 0 Å². The summed E-state index contributed by atoms with van der Waals surface area (Å²) in [6, 6.07) is 11.2. The molecular weight excluding hydrogens is 467 g/mol. The molecule has 1 aromatic carbocycles. The van der Waals surface area contributed by atoms with Crippen LogP contribution in [0, 0.1) is 6.92 Å². The van der Waals surface area contributed by atoms with Gasteiger partial charge < -0.3 is 15.1 Å². The molecule has 3 heterocycles. The molecule has 1 N–H and O–H groups in total. The number of piperidine rings is 1. The summed E-state index contributed by atoms with van der Waals surface area (Å²) in [7, 11) is 0. The van der Waals surface area contributed by atoms with Crippen LogP contribution in [0.4, 0.5) is 24.7 Å². The van der Waals surface area contributed by atoms with Crippen molar-refractivity contribution in [2.75, 3.05) is 55.6 Å². The third-order valence-electron chi connectivity index (χ3n) is 6.91. The number of piperazine rings is 1. The molecule has 9 heteroatoms. The fraction of sp³-hybridized carbons (Fsp3) is 0.556. The predicted molar refractivity (Wildman–Crippen MR) is 138 cm³/mol. The number of benzene rings is 1. The number of halogens is 3. The van der Waals surface area contributed by atoms with Gasteiger partial charge in [0.1, 0.15) is 5.82 Å². The first-order chi connectivity index (χ1) is 16.8. The van der Waals surface area contributed by atoms with Crippen molar-refractivity contribution < 1.29 is 18.0 Å². The van der Waals surface area contributed by atoms with E-state index in [2.05, 4.69) is 51.3 Å². The zero-order valence-corrected chi connectivity index (χ0v) is 20.2. The molecule has 0 saturated carbocycles. The molecule has 0 atom stereocenters. The second kappa shape index (κ2) is 12.4. The highest BCUT2D eigenvalue weighted by Gasteiger charge is 2.31. The number of aromatic nitrogens is 1. The Morgan fingerprint density at radius 1 is 0.972 bits per heavy atom. The van der Waals surface area contributed by atoms with Gasteiger partial charge in [-0.1, -0.05) is 25.1 Å². The second-order valence-electron chi connectivity index (χ2n) is 9.50. The molecule has 198 valence electrons. The topological polar surface area (TPSA) is 51.7 Å². The Balaban J connectivity index is 0.00000361. The van der Waals surface area contributed by atoms with Crippen molar-refractivity contribution in [2.45, 2.75) is 52.3 Å². The van der Waals surface area contributed by atoms with E-state index < -0.39 is 11.7 Å². The fourth-order valence-corrected chi connectivity index (χ4v) is 4.74. The highest BCUT2D eigenvalue weighted by atomic mass is 19.4. The van der Waals surface area contributed by atoms with E-state index in [0.29, 0.717) is 25.3 Å². The lowest BCUT2D eigenvalue weighted by Crippen LogP contribution is -2.47. The van der Waals surface area contributed by atoms with E-state index in [1.54, 1.807) is 0 Å². The summed E-state index contributed by atoms with van der Waals surface area (Å²) in [6.07, 6.45) is -0.626. The van der Waals surface area contributed by atoms with Crippen LogP contribution in [-0.4, -0.2) is 67.6 Å². The van der Waals surface area contributed by atoms with E-state index >= 15 is 0 Å². The lowest BCUT2D eigenvalue weighted by Gasteiger charge is -2.36. The number of nitrogens with one attached hydrogen (secondary N) is 1. The van der Waals surface area contributed by atoms with E-state index in [9.17, 15) is 18.0 Å². The van der Waals surface area contributed by atoms with E-state index in [1.165, 1.54) is 17.3 Å². The van der Waals surface area contributed by atoms with Crippen LogP contribution in [0.3, 0.4) is 0 Å². The van der Waals surface area contributed by atoms with Crippen molar-refractivity contribution in [3.05, 3.63) is 53.7 Å². The van der Waals surface area contributed by atoms with Crippen molar-refractivity contribution in [3.63, 3.8) is 0 Å². The molecule has 4 rings (SSSR count). The number of anilines is 2. The molecule has 0 unspecified atom stereocenters. The monoisotopic (exact) mass is 505 g/mol. The molecule has 0 bridgehead atoms. The first-order valence-electron chi connectivity index (χ1n) is 12.4. The maximum absolute atomic E-state index is 12.7. The predicted octanol–water partition coefficient (Wildman–Crippen LogP) is 4.73. The van der Waals surface area contributed by atoms with Gasteiger partial charge in [0.2, 0.25) is 5.91 Å². The Labute approximate surface area is 212 Å². The van der Waals surface area contributed by atoms with Crippen LogP contribution < -0.4 is 15.1 Å². The smallest absolute Gasteiger partial charge is 0.369 e. The molecule has 2 saturated heterocycles. The van der Waals surface area contributed by atoms with Crippen LogP contribution in [0.1, 0.15) is 44.2 Å². The zero-order chi connectivity index (χ0) is 24.8. The molecule has 1 amide bonds. The van der Waals surface area contributed by atoms with E-state index in [4.69, 9.17) is 0 Å². The average molecular weight is 506 g/mol. The number of pyridine rings is 1. The van der Waals surface area contributed by atoms with Gasteiger partial charge in [-0.25, -0.2) is 4.98 Å². The number of amides is 1. The summed E-state index contributed by atoms with van der Waals surface area (Å²) in [6.45, 7) is 8.36. The lowest BCUT2D eigenvalue weighted by atomic mass is 10.0. The first kappa shape index (κ1) is 27.8. The molecule has 6 nitrogen and oxygen atoms in total. The SMILES string of the molecule is C.Cc1ccc(N2CCN(CCCC(=O)NC3CCN(c4ccc(C(F)(F)F)cn4)CC3)CC2)cc1. The number of hydrogen-bond acceptors (Lipinski definition) is 5. The third-order valence-corrected chi connectivity index (χ3v) is 6.91. The van der Waals surface area contributed by atoms with Crippen molar-refractivity contribution in [2.24, 2.45) is 0 Å². The largest absolute Gasteiger partial charge is 0.417 e. The maximum atomic E-state index is 12.7. The number of nitrogens with zero attached hydrogens (tertiary/aromatic N) is 4. The van der Waals surface area contributed by atoms with Gasteiger partial charge in [0.15, 0.2) is 0 Å². The van der Waals surface area contributed by atoms with Crippen LogP contribution in [-0.2, 0) is 11.0 Å². The molecular formula is C27H38F3N5O. The van der Waals surface area contributed by atoms with Crippen molar-refractivity contribution in [3.8, 4) is 0 Å². The highest BCUT2D eigenvalue weighted by Crippen LogP contribution is 2.29. The number of alkyl halides is 3. The highest BCUT2D eigenvalue weighted by molar-refractivity contribution is 5.76. The van der Waals surface area contributed by atoms with Gasteiger partial charge in [0.05, 0.1) is 5.56 Å². The van der Waals surface area contributed by atoms with E-state index in [1.807, 2.05) is 4.90 Å². The van der Waals surface area contributed by atoms with Crippen LogP contribution >= 0.6 is 0 Å². The lowest BCUT2D eigenvalue weighted by molar-refractivity contribution is -0.137.